The van der Waals surface area contributed by atoms with Gasteiger partial charge in [0.15, 0.2) is 5.96 Å². The molecule has 0 aromatic heterocycles. The molecule has 2 N–H and O–H groups in total. The van der Waals surface area contributed by atoms with Crippen molar-refractivity contribution in [3.8, 4) is 0 Å². The number of hydrogen-bond acceptors (Lipinski definition) is 4. The average molecular weight is 530 g/mol. The van der Waals surface area contributed by atoms with Crippen LogP contribution in [0.15, 0.2) is 35.3 Å². The van der Waals surface area contributed by atoms with Crippen molar-refractivity contribution >= 4 is 29.9 Å². The number of nitrogens with zero attached hydrogens (tertiary/aromatic N) is 3. The van der Waals surface area contributed by atoms with E-state index in [-0.39, 0.29) is 24.0 Å². The van der Waals surface area contributed by atoms with Crippen LogP contribution in [0.1, 0.15) is 38.7 Å². The zero-order valence-electron chi connectivity index (χ0n) is 18.8. The zero-order chi connectivity index (χ0) is 20.5. The Kier molecular flexibility index (Phi) is 11.4. The SMILES string of the molecule is CCNC(=NCC1CCCN1CCOC)NC1CC(C)N(Cc2ccccc2)C1.I. The first-order valence-corrected chi connectivity index (χ1v) is 11.3. The third kappa shape index (κ3) is 7.66. The number of aliphatic imine (C=N–C) groups is 1. The lowest BCUT2D eigenvalue weighted by molar-refractivity contribution is 0.142. The maximum atomic E-state index is 5.26. The van der Waals surface area contributed by atoms with Gasteiger partial charge in [-0.3, -0.25) is 14.8 Å². The highest BCUT2D eigenvalue weighted by Crippen LogP contribution is 2.20. The second-order valence-electron chi connectivity index (χ2n) is 8.39. The van der Waals surface area contributed by atoms with Gasteiger partial charge in [-0.1, -0.05) is 30.3 Å². The minimum Gasteiger partial charge on any atom is -0.383 e. The summed E-state index contributed by atoms with van der Waals surface area (Å²) in [5.41, 5.74) is 1.39. The molecule has 2 fully saturated rings. The first-order valence-electron chi connectivity index (χ1n) is 11.3. The molecule has 2 aliphatic rings. The molecule has 1 aromatic rings. The Hall–Kier alpha value is -0.900. The van der Waals surface area contributed by atoms with Crippen LogP contribution in [0.4, 0.5) is 0 Å². The van der Waals surface area contributed by atoms with E-state index in [1.54, 1.807) is 7.11 Å². The Bertz CT molecular complexity index is 629. The average Bonchev–Trinajstić information content (AvgIpc) is 3.31. The molecule has 0 bridgehead atoms. The lowest BCUT2D eigenvalue weighted by Crippen LogP contribution is -2.45. The summed E-state index contributed by atoms with van der Waals surface area (Å²) >= 11 is 0. The highest BCUT2D eigenvalue weighted by atomic mass is 127. The van der Waals surface area contributed by atoms with Gasteiger partial charge >= 0.3 is 0 Å². The monoisotopic (exact) mass is 529 g/mol. The second kappa shape index (κ2) is 13.5. The molecule has 6 nitrogen and oxygen atoms in total. The van der Waals surface area contributed by atoms with Gasteiger partial charge in [-0.15, -0.1) is 24.0 Å². The molecule has 0 spiro atoms. The number of methoxy groups -OCH3 is 1. The summed E-state index contributed by atoms with van der Waals surface area (Å²) in [5.74, 6) is 0.963. The Morgan fingerprint density at radius 1 is 1.23 bits per heavy atom. The quantitative estimate of drug-likeness (QED) is 0.293. The van der Waals surface area contributed by atoms with Gasteiger partial charge in [-0.05, 0) is 45.2 Å². The van der Waals surface area contributed by atoms with E-state index in [2.05, 4.69) is 64.6 Å². The van der Waals surface area contributed by atoms with Crippen molar-refractivity contribution in [1.82, 2.24) is 20.4 Å². The number of hydrogen-bond donors (Lipinski definition) is 2. The number of nitrogens with one attached hydrogen (secondary N) is 2. The van der Waals surface area contributed by atoms with Crippen LogP contribution in [-0.2, 0) is 11.3 Å². The number of benzene rings is 1. The highest BCUT2D eigenvalue weighted by Gasteiger charge is 2.30. The van der Waals surface area contributed by atoms with Crippen LogP contribution in [0, 0.1) is 0 Å². The molecule has 30 heavy (non-hydrogen) atoms. The highest BCUT2D eigenvalue weighted by molar-refractivity contribution is 14.0. The molecule has 0 amide bonds. The summed E-state index contributed by atoms with van der Waals surface area (Å²) < 4.78 is 5.26. The minimum atomic E-state index is 0. The van der Waals surface area contributed by atoms with Crippen LogP contribution in [0.5, 0.6) is 0 Å². The van der Waals surface area contributed by atoms with Crippen LogP contribution in [0.25, 0.3) is 0 Å². The fourth-order valence-corrected chi connectivity index (χ4v) is 4.56. The summed E-state index contributed by atoms with van der Waals surface area (Å²) in [6.07, 6.45) is 3.65. The number of ether oxygens (including phenoxy) is 1. The predicted octanol–water partition coefficient (Wildman–Crippen LogP) is 2.93. The van der Waals surface area contributed by atoms with Crippen molar-refractivity contribution in [2.45, 2.75) is 57.8 Å². The summed E-state index contributed by atoms with van der Waals surface area (Å²) in [4.78, 5) is 10.0. The summed E-state index contributed by atoms with van der Waals surface area (Å²) in [7, 11) is 1.78. The number of halogens is 1. The molecule has 3 atom stereocenters. The molecule has 0 saturated carbocycles. The maximum Gasteiger partial charge on any atom is 0.191 e. The van der Waals surface area contributed by atoms with E-state index in [9.17, 15) is 0 Å². The van der Waals surface area contributed by atoms with Crippen molar-refractivity contribution in [2.75, 3.05) is 46.4 Å². The molecule has 170 valence electrons. The van der Waals surface area contributed by atoms with E-state index >= 15 is 0 Å². The fraction of sp³-hybridized carbons (Fsp3) is 0.696. The van der Waals surface area contributed by atoms with Crippen LogP contribution < -0.4 is 10.6 Å². The van der Waals surface area contributed by atoms with Crippen molar-refractivity contribution in [3.05, 3.63) is 35.9 Å². The molecule has 7 heteroatoms. The molecule has 2 aliphatic heterocycles. The Balaban J connectivity index is 0.00000320. The standard InChI is InChI=1S/C23H39N5O.HI/c1-4-24-23(25-16-22-11-8-12-27(22)13-14-29-3)26-21-15-19(2)28(18-21)17-20-9-6-5-7-10-20;/h5-7,9-10,19,21-22H,4,8,11-18H2,1-3H3,(H2,24,25,26);1H. The third-order valence-electron chi connectivity index (χ3n) is 6.16. The van der Waals surface area contributed by atoms with E-state index < -0.39 is 0 Å². The normalized spacial score (nSPS) is 25.3. The molecular formula is C23H40IN5O. The van der Waals surface area contributed by atoms with Gasteiger partial charge in [-0.25, -0.2) is 0 Å². The van der Waals surface area contributed by atoms with E-state index in [0.717, 1.165) is 51.7 Å². The Morgan fingerprint density at radius 3 is 2.77 bits per heavy atom. The first kappa shape index (κ1) is 25.4. The lowest BCUT2D eigenvalue weighted by atomic mass is 10.2. The second-order valence-corrected chi connectivity index (χ2v) is 8.39. The lowest BCUT2D eigenvalue weighted by Gasteiger charge is -2.24. The summed E-state index contributed by atoms with van der Waals surface area (Å²) in [5, 5.41) is 7.15. The van der Waals surface area contributed by atoms with Gasteiger partial charge in [0, 0.05) is 51.4 Å². The third-order valence-corrected chi connectivity index (χ3v) is 6.16. The Morgan fingerprint density at radius 2 is 2.03 bits per heavy atom. The predicted molar refractivity (Wildman–Crippen MR) is 136 cm³/mol. The molecule has 2 heterocycles. The molecule has 1 aromatic carbocycles. The van der Waals surface area contributed by atoms with E-state index in [1.807, 2.05) is 0 Å². The van der Waals surface area contributed by atoms with Crippen LogP contribution in [-0.4, -0.2) is 80.3 Å². The fourth-order valence-electron chi connectivity index (χ4n) is 4.56. The van der Waals surface area contributed by atoms with Gasteiger partial charge in [-0.2, -0.15) is 0 Å². The van der Waals surface area contributed by atoms with Crippen LogP contribution in [0.2, 0.25) is 0 Å². The number of guanidine groups is 1. The van der Waals surface area contributed by atoms with E-state index in [1.165, 1.54) is 24.9 Å². The molecule has 0 aliphatic carbocycles. The molecule has 3 unspecified atom stereocenters. The van der Waals surface area contributed by atoms with Crippen molar-refractivity contribution in [3.63, 3.8) is 0 Å². The van der Waals surface area contributed by atoms with E-state index in [4.69, 9.17) is 9.73 Å². The molecule has 3 rings (SSSR count). The molecule has 0 radical (unpaired) electrons. The minimum absolute atomic E-state index is 0. The molecule has 2 saturated heterocycles. The van der Waals surface area contributed by atoms with Gasteiger partial charge < -0.3 is 15.4 Å². The summed E-state index contributed by atoms with van der Waals surface area (Å²) in [6.45, 7) is 11.3. The van der Waals surface area contributed by atoms with Gasteiger partial charge in [0.1, 0.15) is 0 Å². The maximum absolute atomic E-state index is 5.26. The number of likely N-dealkylation sites (tertiary alicyclic amines) is 2. The van der Waals surface area contributed by atoms with Crippen molar-refractivity contribution in [1.29, 1.82) is 0 Å². The van der Waals surface area contributed by atoms with Crippen molar-refractivity contribution < 1.29 is 4.74 Å². The first-order chi connectivity index (χ1) is 14.2. The van der Waals surface area contributed by atoms with Crippen molar-refractivity contribution in [2.24, 2.45) is 4.99 Å². The summed E-state index contributed by atoms with van der Waals surface area (Å²) in [6, 6.07) is 12.3. The smallest absolute Gasteiger partial charge is 0.191 e. The van der Waals surface area contributed by atoms with Gasteiger partial charge in [0.05, 0.1) is 13.2 Å². The van der Waals surface area contributed by atoms with Crippen LogP contribution >= 0.6 is 24.0 Å². The Labute approximate surface area is 199 Å². The van der Waals surface area contributed by atoms with Crippen LogP contribution in [0.3, 0.4) is 0 Å². The van der Waals surface area contributed by atoms with Gasteiger partial charge in [0.25, 0.3) is 0 Å². The largest absolute Gasteiger partial charge is 0.383 e. The molecular weight excluding hydrogens is 489 g/mol. The van der Waals surface area contributed by atoms with E-state index in [0.29, 0.717) is 18.1 Å². The topological polar surface area (TPSA) is 52.1 Å². The zero-order valence-corrected chi connectivity index (χ0v) is 21.2. The van der Waals surface area contributed by atoms with Gasteiger partial charge in [0.2, 0.25) is 0 Å². The number of rotatable bonds is 9.